The monoisotopic (exact) mass is 223 g/mol. The van der Waals surface area contributed by atoms with Crippen molar-refractivity contribution in [2.24, 2.45) is 5.73 Å². The van der Waals surface area contributed by atoms with Crippen molar-refractivity contribution < 1.29 is 14.6 Å². The molecule has 1 aromatic rings. The summed E-state index contributed by atoms with van der Waals surface area (Å²) in [5, 5.41) is 8.86. The van der Waals surface area contributed by atoms with Crippen molar-refractivity contribution in [1.29, 1.82) is 0 Å². The Kier molecular flexibility index (Phi) is 4.31. The van der Waals surface area contributed by atoms with Crippen LogP contribution in [0.4, 0.5) is 0 Å². The quantitative estimate of drug-likeness (QED) is 0.800. The maximum absolute atomic E-state index is 10.8. The van der Waals surface area contributed by atoms with Crippen LogP contribution in [-0.2, 0) is 4.79 Å². The van der Waals surface area contributed by atoms with Crippen LogP contribution in [0.1, 0.15) is 31.9 Å². The van der Waals surface area contributed by atoms with Crippen LogP contribution in [0.2, 0.25) is 0 Å². The Labute approximate surface area is 95.0 Å². The molecule has 2 unspecified atom stereocenters. The van der Waals surface area contributed by atoms with Crippen LogP contribution < -0.4 is 10.5 Å². The van der Waals surface area contributed by atoms with Crippen molar-refractivity contribution in [3.05, 3.63) is 29.8 Å². The topological polar surface area (TPSA) is 72.5 Å². The minimum Gasteiger partial charge on any atom is -0.479 e. The van der Waals surface area contributed by atoms with Gasteiger partial charge in [0.2, 0.25) is 0 Å². The molecule has 0 heterocycles. The Morgan fingerprint density at radius 1 is 1.56 bits per heavy atom. The van der Waals surface area contributed by atoms with E-state index in [2.05, 4.69) is 0 Å². The molecule has 0 aliphatic carbocycles. The second kappa shape index (κ2) is 5.51. The van der Waals surface area contributed by atoms with Crippen LogP contribution in [0.3, 0.4) is 0 Å². The first kappa shape index (κ1) is 12.5. The van der Waals surface area contributed by atoms with E-state index in [1.165, 1.54) is 0 Å². The first-order chi connectivity index (χ1) is 7.54. The van der Waals surface area contributed by atoms with Gasteiger partial charge >= 0.3 is 5.97 Å². The van der Waals surface area contributed by atoms with Crippen LogP contribution in [0, 0.1) is 0 Å². The number of carboxylic acid groups (broad SMARTS) is 1. The third-order valence-electron chi connectivity index (χ3n) is 2.31. The predicted molar refractivity (Wildman–Crippen MR) is 61.4 cm³/mol. The van der Waals surface area contributed by atoms with E-state index in [-0.39, 0.29) is 6.04 Å². The van der Waals surface area contributed by atoms with E-state index in [0.717, 1.165) is 5.56 Å². The molecule has 88 valence electrons. The van der Waals surface area contributed by atoms with Gasteiger partial charge in [-0.25, -0.2) is 4.79 Å². The number of carboxylic acids is 1. The molecule has 0 aliphatic rings. The maximum Gasteiger partial charge on any atom is 0.344 e. The first-order valence-corrected chi connectivity index (χ1v) is 5.29. The van der Waals surface area contributed by atoms with Gasteiger partial charge in [0.25, 0.3) is 0 Å². The molecule has 2 atom stereocenters. The average molecular weight is 223 g/mol. The number of ether oxygens (including phenoxy) is 1. The molecule has 16 heavy (non-hydrogen) atoms. The Morgan fingerprint density at radius 3 is 2.75 bits per heavy atom. The van der Waals surface area contributed by atoms with Crippen LogP contribution in [0.25, 0.3) is 0 Å². The van der Waals surface area contributed by atoms with Gasteiger partial charge in [0, 0.05) is 6.04 Å². The van der Waals surface area contributed by atoms with E-state index in [9.17, 15) is 4.79 Å². The van der Waals surface area contributed by atoms with Crippen molar-refractivity contribution in [1.82, 2.24) is 0 Å². The van der Waals surface area contributed by atoms with E-state index in [0.29, 0.717) is 12.2 Å². The van der Waals surface area contributed by atoms with Crippen molar-refractivity contribution >= 4 is 5.97 Å². The largest absolute Gasteiger partial charge is 0.479 e. The Balaban J connectivity index is 2.80. The second-order valence-electron chi connectivity index (χ2n) is 3.71. The number of aliphatic carboxylic acids is 1. The number of carbonyl (C=O) groups is 1. The fraction of sp³-hybridized carbons (Fsp3) is 0.417. The van der Waals surface area contributed by atoms with Crippen LogP contribution in [-0.4, -0.2) is 17.2 Å². The summed E-state index contributed by atoms with van der Waals surface area (Å²) >= 11 is 0. The van der Waals surface area contributed by atoms with Gasteiger partial charge in [0.1, 0.15) is 5.75 Å². The molecule has 0 radical (unpaired) electrons. The van der Waals surface area contributed by atoms with Gasteiger partial charge < -0.3 is 15.6 Å². The third kappa shape index (κ3) is 3.24. The van der Waals surface area contributed by atoms with Crippen molar-refractivity contribution in [2.75, 3.05) is 0 Å². The molecule has 1 rings (SSSR count). The molecule has 0 aromatic heterocycles. The molecule has 0 bridgehead atoms. The van der Waals surface area contributed by atoms with Gasteiger partial charge in [-0.3, -0.25) is 0 Å². The summed E-state index contributed by atoms with van der Waals surface area (Å²) < 4.78 is 5.36. The van der Waals surface area contributed by atoms with E-state index >= 15 is 0 Å². The van der Waals surface area contributed by atoms with Crippen LogP contribution in [0.5, 0.6) is 5.75 Å². The fourth-order valence-corrected chi connectivity index (χ4v) is 1.34. The summed E-state index contributed by atoms with van der Waals surface area (Å²) in [7, 11) is 0. The van der Waals surface area contributed by atoms with E-state index in [4.69, 9.17) is 15.6 Å². The summed E-state index contributed by atoms with van der Waals surface area (Å²) in [5.74, 6) is -0.405. The minimum atomic E-state index is -0.950. The standard InChI is InChI=1S/C12H17NO3/c1-3-11(12(14)15)16-10-6-4-5-9(7-10)8(2)13/h4-8,11H,3,13H2,1-2H3,(H,14,15). The van der Waals surface area contributed by atoms with Crippen LogP contribution in [0.15, 0.2) is 24.3 Å². The zero-order chi connectivity index (χ0) is 12.1. The molecule has 0 saturated carbocycles. The Hall–Kier alpha value is -1.55. The molecule has 1 aromatic carbocycles. The lowest BCUT2D eigenvalue weighted by molar-refractivity contribution is -0.145. The smallest absolute Gasteiger partial charge is 0.344 e. The summed E-state index contributed by atoms with van der Waals surface area (Å²) in [6.45, 7) is 3.64. The lowest BCUT2D eigenvalue weighted by Gasteiger charge is -2.14. The molecular formula is C12H17NO3. The molecular weight excluding hydrogens is 206 g/mol. The molecule has 0 fully saturated rings. The van der Waals surface area contributed by atoms with E-state index in [1.807, 2.05) is 19.1 Å². The van der Waals surface area contributed by atoms with E-state index in [1.54, 1.807) is 19.1 Å². The predicted octanol–water partition coefficient (Wildman–Crippen LogP) is 1.95. The van der Waals surface area contributed by atoms with Crippen molar-refractivity contribution in [2.45, 2.75) is 32.4 Å². The highest BCUT2D eigenvalue weighted by atomic mass is 16.5. The fourth-order valence-electron chi connectivity index (χ4n) is 1.34. The van der Waals surface area contributed by atoms with Gasteiger partial charge in [-0.15, -0.1) is 0 Å². The minimum absolute atomic E-state index is 0.0894. The molecule has 0 amide bonds. The lowest BCUT2D eigenvalue weighted by atomic mass is 10.1. The first-order valence-electron chi connectivity index (χ1n) is 5.29. The lowest BCUT2D eigenvalue weighted by Crippen LogP contribution is -2.26. The molecule has 0 spiro atoms. The normalized spacial score (nSPS) is 14.2. The molecule has 4 heteroatoms. The van der Waals surface area contributed by atoms with Crippen LogP contribution >= 0.6 is 0 Å². The molecule has 3 N–H and O–H groups in total. The second-order valence-corrected chi connectivity index (χ2v) is 3.71. The highest BCUT2D eigenvalue weighted by molar-refractivity contribution is 5.72. The van der Waals surface area contributed by atoms with Gasteiger partial charge in [-0.05, 0) is 31.0 Å². The molecule has 0 saturated heterocycles. The van der Waals surface area contributed by atoms with Gasteiger partial charge in [0.15, 0.2) is 6.10 Å². The molecule has 4 nitrogen and oxygen atoms in total. The van der Waals surface area contributed by atoms with Crippen molar-refractivity contribution in [3.63, 3.8) is 0 Å². The number of rotatable bonds is 5. The van der Waals surface area contributed by atoms with Gasteiger partial charge in [0.05, 0.1) is 0 Å². The molecule has 0 aliphatic heterocycles. The number of benzene rings is 1. The summed E-state index contributed by atoms with van der Waals surface area (Å²) in [5.41, 5.74) is 6.66. The summed E-state index contributed by atoms with van der Waals surface area (Å²) in [6, 6.07) is 7.11. The maximum atomic E-state index is 10.8. The zero-order valence-corrected chi connectivity index (χ0v) is 9.51. The third-order valence-corrected chi connectivity index (χ3v) is 2.31. The SMILES string of the molecule is CCC(Oc1cccc(C(C)N)c1)C(=O)O. The van der Waals surface area contributed by atoms with E-state index < -0.39 is 12.1 Å². The highest BCUT2D eigenvalue weighted by Gasteiger charge is 2.16. The zero-order valence-electron chi connectivity index (χ0n) is 9.51. The van der Waals surface area contributed by atoms with Crippen molar-refractivity contribution in [3.8, 4) is 5.75 Å². The number of hydrogen-bond donors (Lipinski definition) is 2. The van der Waals surface area contributed by atoms with Gasteiger partial charge in [-0.2, -0.15) is 0 Å². The summed E-state index contributed by atoms with van der Waals surface area (Å²) in [6.07, 6.45) is -0.374. The summed E-state index contributed by atoms with van der Waals surface area (Å²) in [4.78, 5) is 10.8. The Bertz CT molecular complexity index is 363. The highest BCUT2D eigenvalue weighted by Crippen LogP contribution is 2.19. The van der Waals surface area contributed by atoms with Gasteiger partial charge in [-0.1, -0.05) is 19.1 Å². The average Bonchev–Trinajstić information content (AvgIpc) is 2.25. The number of nitrogens with two attached hydrogens (primary N) is 1. The number of hydrogen-bond acceptors (Lipinski definition) is 3. The Morgan fingerprint density at radius 2 is 2.25 bits per heavy atom.